The van der Waals surface area contributed by atoms with Gasteiger partial charge in [-0.3, -0.25) is 4.79 Å². The Labute approximate surface area is 160 Å². The van der Waals surface area contributed by atoms with Gasteiger partial charge in [-0.25, -0.2) is 12.8 Å². The Morgan fingerprint density at radius 1 is 1.23 bits per heavy atom. The first-order valence-electron chi connectivity index (χ1n) is 8.66. The number of piperazine rings is 1. The maximum atomic E-state index is 13.1. The van der Waals surface area contributed by atoms with Gasteiger partial charge in [-0.05, 0) is 44.0 Å². The summed E-state index contributed by atoms with van der Waals surface area (Å²) in [6.07, 6.45) is 1.35. The summed E-state index contributed by atoms with van der Waals surface area (Å²) in [5.74, 6) is -0.754. The third-order valence-corrected chi connectivity index (χ3v) is 6.85. The van der Waals surface area contributed by atoms with Gasteiger partial charge in [0.15, 0.2) is 0 Å². The summed E-state index contributed by atoms with van der Waals surface area (Å²) >= 11 is 0. The molecule has 1 amide bonds. The molecule has 146 valence electrons. The molecule has 9 heteroatoms. The van der Waals surface area contributed by atoms with Gasteiger partial charge in [-0.2, -0.15) is 4.31 Å². The van der Waals surface area contributed by atoms with Crippen LogP contribution in [0, 0.1) is 11.7 Å². The lowest BCUT2D eigenvalue weighted by atomic mass is 9.97. The zero-order chi connectivity index (χ0) is 18.0. The van der Waals surface area contributed by atoms with Crippen LogP contribution in [0.4, 0.5) is 4.39 Å². The Balaban J connectivity index is 0.00000243. The van der Waals surface area contributed by atoms with Crippen molar-refractivity contribution in [3.8, 4) is 0 Å². The van der Waals surface area contributed by atoms with Crippen LogP contribution in [-0.4, -0.2) is 62.3 Å². The summed E-state index contributed by atoms with van der Waals surface area (Å²) in [4.78, 5) is 14.8. The molecule has 0 spiro atoms. The van der Waals surface area contributed by atoms with Gasteiger partial charge in [-0.1, -0.05) is 0 Å². The van der Waals surface area contributed by atoms with Gasteiger partial charge in [0.1, 0.15) is 5.82 Å². The van der Waals surface area contributed by atoms with E-state index >= 15 is 0 Å². The minimum absolute atomic E-state index is 0. The van der Waals surface area contributed by atoms with Crippen LogP contribution in [-0.2, 0) is 14.8 Å². The molecular formula is C17H25ClFN3O3S. The second-order valence-electron chi connectivity index (χ2n) is 6.74. The largest absolute Gasteiger partial charge is 0.337 e. The molecule has 0 aliphatic carbocycles. The minimum Gasteiger partial charge on any atom is -0.337 e. The highest BCUT2D eigenvalue weighted by molar-refractivity contribution is 7.89. The third-order valence-electron chi connectivity index (χ3n) is 4.97. The molecular weight excluding hydrogens is 381 g/mol. The Hall–Kier alpha value is -1.22. The first-order chi connectivity index (χ1) is 11.9. The predicted octanol–water partition coefficient (Wildman–Crippen LogP) is 1.47. The van der Waals surface area contributed by atoms with Crippen molar-refractivity contribution < 1.29 is 17.6 Å². The fourth-order valence-corrected chi connectivity index (χ4v) is 5.04. The topological polar surface area (TPSA) is 69.7 Å². The van der Waals surface area contributed by atoms with Gasteiger partial charge in [-0.15, -0.1) is 12.4 Å². The van der Waals surface area contributed by atoms with Crippen LogP contribution in [0.5, 0.6) is 0 Å². The van der Waals surface area contributed by atoms with Crippen LogP contribution >= 0.6 is 12.4 Å². The van der Waals surface area contributed by atoms with Crippen molar-refractivity contribution in [2.45, 2.75) is 30.7 Å². The van der Waals surface area contributed by atoms with Gasteiger partial charge in [0.05, 0.1) is 10.8 Å². The zero-order valence-electron chi connectivity index (χ0n) is 14.7. The lowest BCUT2D eigenvalue weighted by Gasteiger charge is -2.39. The Kier molecular flexibility index (Phi) is 7.01. The van der Waals surface area contributed by atoms with Crippen LogP contribution in [0.2, 0.25) is 0 Å². The van der Waals surface area contributed by atoms with Gasteiger partial charge in [0, 0.05) is 38.8 Å². The van der Waals surface area contributed by atoms with Crippen molar-refractivity contribution in [2.75, 3.05) is 32.7 Å². The summed E-state index contributed by atoms with van der Waals surface area (Å²) in [7, 11) is -3.71. The molecule has 0 aromatic heterocycles. The molecule has 1 unspecified atom stereocenters. The van der Waals surface area contributed by atoms with E-state index in [4.69, 9.17) is 0 Å². The maximum absolute atomic E-state index is 13.1. The molecule has 2 heterocycles. The fraction of sp³-hybridized carbons (Fsp3) is 0.588. The van der Waals surface area contributed by atoms with Crippen molar-refractivity contribution in [1.82, 2.24) is 14.5 Å². The van der Waals surface area contributed by atoms with E-state index in [1.54, 1.807) is 0 Å². The normalized spacial score (nSPS) is 24.8. The standard InChI is InChI=1S/C17H24FN3O3S.ClH/c1-13-11-19-8-10-21(13)17(22)14-3-2-9-20(12-14)25(23,24)16-6-4-15(18)5-7-16;/h4-7,13-14,19H,2-3,8-12H2,1H3;1H/t13-,14?;/m0./s1. The third kappa shape index (κ3) is 4.36. The summed E-state index contributed by atoms with van der Waals surface area (Å²) in [5.41, 5.74) is 0. The first kappa shape index (κ1) is 21.1. The van der Waals surface area contributed by atoms with Crippen molar-refractivity contribution in [3.05, 3.63) is 30.1 Å². The quantitative estimate of drug-likeness (QED) is 0.826. The molecule has 3 rings (SSSR count). The zero-order valence-corrected chi connectivity index (χ0v) is 16.4. The number of sulfonamides is 1. The number of nitrogens with zero attached hydrogens (tertiary/aromatic N) is 2. The number of hydrogen-bond acceptors (Lipinski definition) is 4. The number of nitrogens with one attached hydrogen (secondary N) is 1. The molecule has 0 saturated carbocycles. The molecule has 2 aliphatic rings. The number of halogens is 2. The second-order valence-corrected chi connectivity index (χ2v) is 8.68. The van der Waals surface area contributed by atoms with E-state index in [0.29, 0.717) is 25.9 Å². The average molecular weight is 406 g/mol. The van der Waals surface area contributed by atoms with Gasteiger partial charge in [0.2, 0.25) is 15.9 Å². The minimum atomic E-state index is -3.71. The number of amides is 1. The number of hydrogen-bond donors (Lipinski definition) is 1. The van der Waals surface area contributed by atoms with E-state index in [2.05, 4.69) is 5.32 Å². The maximum Gasteiger partial charge on any atom is 0.243 e. The monoisotopic (exact) mass is 405 g/mol. The molecule has 1 aromatic rings. The molecule has 2 atom stereocenters. The smallest absolute Gasteiger partial charge is 0.243 e. The molecule has 2 aliphatic heterocycles. The molecule has 1 aromatic carbocycles. The Morgan fingerprint density at radius 3 is 2.58 bits per heavy atom. The number of carbonyl (C=O) groups excluding carboxylic acids is 1. The number of rotatable bonds is 3. The first-order valence-corrected chi connectivity index (χ1v) is 10.1. The Bertz CT molecular complexity index is 729. The van der Waals surface area contributed by atoms with Crippen molar-refractivity contribution in [2.24, 2.45) is 5.92 Å². The average Bonchev–Trinajstić information content (AvgIpc) is 2.62. The highest BCUT2D eigenvalue weighted by atomic mass is 35.5. The Morgan fingerprint density at radius 2 is 1.92 bits per heavy atom. The van der Waals surface area contributed by atoms with Gasteiger partial charge < -0.3 is 10.2 Å². The van der Waals surface area contributed by atoms with E-state index in [1.807, 2.05) is 11.8 Å². The van der Waals surface area contributed by atoms with Crippen LogP contribution in [0.3, 0.4) is 0 Å². The van der Waals surface area contributed by atoms with Crippen LogP contribution in [0.25, 0.3) is 0 Å². The van der Waals surface area contributed by atoms with Crippen LogP contribution in [0.15, 0.2) is 29.2 Å². The molecule has 0 bridgehead atoms. The molecule has 26 heavy (non-hydrogen) atoms. The summed E-state index contributed by atoms with van der Waals surface area (Å²) in [6.45, 7) is 4.76. The van der Waals surface area contributed by atoms with Crippen molar-refractivity contribution in [3.63, 3.8) is 0 Å². The van der Waals surface area contributed by atoms with E-state index in [9.17, 15) is 17.6 Å². The van der Waals surface area contributed by atoms with E-state index < -0.39 is 15.8 Å². The number of benzene rings is 1. The van der Waals surface area contributed by atoms with Crippen molar-refractivity contribution >= 4 is 28.3 Å². The van der Waals surface area contributed by atoms with E-state index in [-0.39, 0.29) is 41.7 Å². The molecule has 6 nitrogen and oxygen atoms in total. The van der Waals surface area contributed by atoms with E-state index in [1.165, 1.54) is 16.4 Å². The number of piperidine rings is 1. The van der Waals surface area contributed by atoms with E-state index in [0.717, 1.165) is 25.2 Å². The molecule has 0 radical (unpaired) electrons. The summed E-state index contributed by atoms with van der Waals surface area (Å²) in [5, 5.41) is 3.25. The highest BCUT2D eigenvalue weighted by Crippen LogP contribution is 2.26. The highest BCUT2D eigenvalue weighted by Gasteiger charge is 2.36. The van der Waals surface area contributed by atoms with Crippen LogP contribution < -0.4 is 5.32 Å². The number of carbonyl (C=O) groups is 1. The lowest BCUT2D eigenvalue weighted by Crippen LogP contribution is -2.55. The SMILES string of the molecule is C[C@H]1CNCCN1C(=O)C1CCCN(S(=O)(=O)c2ccc(F)cc2)C1.Cl. The lowest BCUT2D eigenvalue weighted by molar-refractivity contribution is -0.139. The second kappa shape index (κ2) is 8.65. The summed E-state index contributed by atoms with van der Waals surface area (Å²) in [6, 6.07) is 4.94. The molecule has 1 N–H and O–H groups in total. The predicted molar refractivity (Wildman–Crippen MR) is 99.2 cm³/mol. The molecule has 2 fully saturated rings. The van der Waals surface area contributed by atoms with Gasteiger partial charge in [0.25, 0.3) is 0 Å². The van der Waals surface area contributed by atoms with Crippen LogP contribution in [0.1, 0.15) is 19.8 Å². The van der Waals surface area contributed by atoms with Gasteiger partial charge >= 0.3 is 0 Å². The van der Waals surface area contributed by atoms with Crippen molar-refractivity contribution in [1.29, 1.82) is 0 Å². The molecule has 2 saturated heterocycles. The summed E-state index contributed by atoms with van der Waals surface area (Å²) < 4.78 is 40.0. The fourth-order valence-electron chi connectivity index (χ4n) is 3.52.